The fourth-order valence-electron chi connectivity index (χ4n) is 2.07. The second-order valence-corrected chi connectivity index (χ2v) is 5.12. The molecule has 1 amide bonds. The Labute approximate surface area is 144 Å². The van der Waals surface area contributed by atoms with Gasteiger partial charge in [-0.15, -0.1) is 0 Å². The summed E-state index contributed by atoms with van der Waals surface area (Å²) >= 11 is 0. The van der Waals surface area contributed by atoms with Crippen LogP contribution in [0.5, 0.6) is 11.5 Å². The molecule has 0 aliphatic heterocycles. The second kappa shape index (κ2) is 7.96. The molecule has 7 heteroatoms. The maximum Gasteiger partial charge on any atom is 0.258 e. The molecule has 2 aromatic carbocycles. The average Bonchev–Trinajstić information content (AvgIpc) is 3.14. The zero-order chi connectivity index (χ0) is 17.5. The molecular formula is C18H17N3O4. The smallest absolute Gasteiger partial charge is 0.258 e. The zero-order valence-electron chi connectivity index (χ0n) is 13.6. The van der Waals surface area contributed by atoms with Gasteiger partial charge in [0.2, 0.25) is 0 Å². The molecule has 0 atom stereocenters. The number of benzene rings is 2. The molecule has 25 heavy (non-hydrogen) atoms. The van der Waals surface area contributed by atoms with Crippen molar-refractivity contribution < 1.29 is 18.8 Å². The molecular weight excluding hydrogens is 322 g/mol. The van der Waals surface area contributed by atoms with E-state index in [1.54, 1.807) is 19.2 Å². The molecule has 7 nitrogen and oxygen atoms in total. The van der Waals surface area contributed by atoms with Crippen LogP contribution in [-0.4, -0.2) is 29.8 Å². The van der Waals surface area contributed by atoms with Crippen LogP contribution in [0.15, 0.2) is 59.1 Å². The Hall–Kier alpha value is -3.35. The van der Waals surface area contributed by atoms with Crippen LogP contribution in [-0.2, 0) is 11.3 Å². The van der Waals surface area contributed by atoms with Crippen LogP contribution >= 0.6 is 0 Å². The van der Waals surface area contributed by atoms with Crippen LogP contribution in [0.25, 0.3) is 11.5 Å². The van der Waals surface area contributed by atoms with Gasteiger partial charge in [0.25, 0.3) is 11.8 Å². The van der Waals surface area contributed by atoms with Gasteiger partial charge in [0, 0.05) is 5.56 Å². The first kappa shape index (κ1) is 16.5. The lowest BCUT2D eigenvalue weighted by atomic mass is 10.2. The van der Waals surface area contributed by atoms with Crippen molar-refractivity contribution in [3.63, 3.8) is 0 Å². The summed E-state index contributed by atoms with van der Waals surface area (Å²) in [5.41, 5.74) is 0.776. The predicted octanol–water partition coefficient (Wildman–Crippen LogP) is 2.44. The fourth-order valence-corrected chi connectivity index (χ4v) is 2.07. The van der Waals surface area contributed by atoms with Crippen molar-refractivity contribution >= 4 is 5.91 Å². The highest BCUT2D eigenvalue weighted by Gasteiger charge is 2.10. The molecule has 0 aliphatic rings. The minimum absolute atomic E-state index is 0.0762. The van der Waals surface area contributed by atoms with E-state index in [4.69, 9.17) is 14.0 Å². The van der Waals surface area contributed by atoms with Crippen molar-refractivity contribution in [2.75, 3.05) is 13.7 Å². The lowest BCUT2D eigenvalue weighted by Gasteiger charge is -2.05. The molecule has 0 bridgehead atoms. The van der Waals surface area contributed by atoms with E-state index in [0.29, 0.717) is 17.5 Å². The third-order valence-corrected chi connectivity index (χ3v) is 3.36. The summed E-state index contributed by atoms with van der Waals surface area (Å²) in [4.78, 5) is 16.1. The molecule has 0 unspecified atom stereocenters. The monoisotopic (exact) mass is 339 g/mol. The molecule has 128 valence electrons. The van der Waals surface area contributed by atoms with E-state index >= 15 is 0 Å². The van der Waals surface area contributed by atoms with Gasteiger partial charge >= 0.3 is 0 Å². The maximum atomic E-state index is 11.8. The van der Waals surface area contributed by atoms with Gasteiger partial charge in [-0.05, 0) is 36.4 Å². The largest absolute Gasteiger partial charge is 0.497 e. The van der Waals surface area contributed by atoms with Crippen LogP contribution < -0.4 is 14.8 Å². The number of hydrogen-bond donors (Lipinski definition) is 1. The number of methoxy groups -OCH3 is 1. The van der Waals surface area contributed by atoms with E-state index in [-0.39, 0.29) is 19.1 Å². The number of aromatic nitrogens is 2. The Bertz CT molecular complexity index is 816. The van der Waals surface area contributed by atoms with Crippen LogP contribution in [0.4, 0.5) is 0 Å². The number of nitrogens with one attached hydrogen (secondary N) is 1. The zero-order valence-corrected chi connectivity index (χ0v) is 13.6. The van der Waals surface area contributed by atoms with E-state index in [0.717, 1.165) is 11.3 Å². The summed E-state index contributed by atoms with van der Waals surface area (Å²) in [5.74, 6) is 1.89. The Morgan fingerprint density at radius 3 is 2.56 bits per heavy atom. The molecule has 0 spiro atoms. The van der Waals surface area contributed by atoms with E-state index in [1.807, 2.05) is 42.5 Å². The van der Waals surface area contributed by atoms with Gasteiger partial charge in [0.1, 0.15) is 11.5 Å². The van der Waals surface area contributed by atoms with Gasteiger partial charge in [-0.3, -0.25) is 4.79 Å². The molecule has 3 rings (SSSR count). The van der Waals surface area contributed by atoms with Crippen molar-refractivity contribution in [2.45, 2.75) is 6.54 Å². The van der Waals surface area contributed by atoms with Gasteiger partial charge in [-0.2, -0.15) is 4.98 Å². The molecule has 0 aliphatic carbocycles. The van der Waals surface area contributed by atoms with Gasteiger partial charge in [-0.1, -0.05) is 23.4 Å². The summed E-state index contributed by atoms with van der Waals surface area (Å²) < 4.78 is 15.7. The SMILES string of the molecule is COc1ccc(-c2nc(CNC(=O)COc3ccccc3)no2)cc1. The molecule has 0 saturated carbocycles. The van der Waals surface area contributed by atoms with Crippen LogP contribution in [0, 0.1) is 0 Å². The highest BCUT2D eigenvalue weighted by molar-refractivity contribution is 5.77. The van der Waals surface area contributed by atoms with E-state index in [2.05, 4.69) is 15.5 Å². The lowest BCUT2D eigenvalue weighted by molar-refractivity contribution is -0.123. The molecule has 1 heterocycles. The summed E-state index contributed by atoms with van der Waals surface area (Å²) in [6, 6.07) is 16.4. The van der Waals surface area contributed by atoms with E-state index < -0.39 is 0 Å². The first-order valence-electron chi connectivity index (χ1n) is 7.66. The normalized spacial score (nSPS) is 10.3. The number of ether oxygens (including phenoxy) is 2. The van der Waals surface area contributed by atoms with E-state index in [1.165, 1.54) is 0 Å². The molecule has 1 N–H and O–H groups in total. The molecule has 3 aromatic rings. The predicted molar refractivity (Wildman–Crippen MR) is 90.1 cm³/mol. The topological polar surface area (TPSA) is 86.5 Å². The summed E-state index contributed by atoms with van der Waals surface area (Å²) in [5, 5.41) is 6.54. The van der Waals surface area contributed by atoms with E-state index in [9.17, 15) is 4.79 Å². The maximum absolute atomic E-state index is 11.8. The van der Waals surface area contributed by atoms with Gasteiger partial charge in [-0.25, -0.2) is 0 Å². The molecule has 0 radical (unpaired) electrons. The Kier molecular flexibility index (Phi) is 5.26. The van der Waals surface area contributed by atoms with Gasteiger partial charge in [0.15, 0.2) is 12.4 Å². The van der Waals surface area contributed by atoms with Gasteiger partial charge in [0.05, 0.1) is 13.7 Å². The second-order valence-electron chi connectivity index (χ2n) is 5.12. The average molecular weight is 339 g/mol. The third kappa shape index (κ3) is 4.57. The fraction of sp³-hybridized carbons (Fsp3) is 0.167. The first-order valence-corrected chi connectivity index (χ1v) is 7.66. The summed E-state index contributed by atoms with van der Waals surface area (Å²) in [6.07, 6.45) is 0. The van der Waals surface area contributed by atoms with Crippen LogP contribution in [0.2, 0.25) is 0 Å². The van der Waals surface area contributed by atoms with Crippen LogP contribution in [0.1, 0.15) is 5.82 Å². The standard InChI is InChI=1S/C18H17N3O4/c1-23-14-9-7-13(8-10-14)18-20-16(21-25-18)11-19-17(22)12-24-15-5-3-2-4-6-15/h2-10H,11-12H2,1H3,(H,19,22). The highest BCUT2D eigenvalue weighted by Crippen LogP contribution is 2.20. The van der Waals surface area contributed by atoms with Crippen molar-refractivity contribution in [1.29, 1.82) is 0 Å². The number of hydrogen-bond acceptors (Lipinski definition) is 6. The third-order valence-electron chi connectivity index (χ3n) is 3.36. The minimum atomic E-state index is -0.264. The van der Waals surface area contributed by atoms with Crippen LogP contribution in [0.3, 0.4) is 0 Å². The Balaban J connectivity index is 1.50. The van der Waals surface area contributed by atoms with Gasteiger partial charge < -0.3 is 19.3 Å². The van der Waals surface area contributed by atoms with Crippen molar-refractivity contribution in [3.05, 3.63) is 60.4 Å². The minimum Gasteiger partial charge on any atom is -0.497 e. The number of rotatable bonds is 7. The van der Waals surface area contributed by atoms with Crippen molar-refractivity contribution in [2.24, 2.45) is 0 Å². The molecule has 1 aromatic heterocycles. The highest BCUT2D eigenvalue weighted by atomic mass is 16.5. The lowest BCUT2D eigenvalue weighted by Crippen LogP contribution is -2.28. The molecule has 0 fully saturated rings. The number of nitrogens with zero attached hydrogens (tertiary/aromatic N) is 2. The number of para-hydroxylation sites is 1. The number of amides is 1. The number of carbonyl (C=O) groups excluding carboxylic acids is 1. The molecule has 0 saturated heterocycles. The summed E-state index contributed by atoms with van der Waals surface area (Å²) in [6.45, 7) is 0.0871. The summed E-state index contributed by atoms with van der Waals surface area (Å²) in [7, 11) is 1.60. The first-order chi connectivity index (χ1) is 12.2. The number of carbonyl (C=O) groups is 1. The Morgan fingerprint density at radius 2 is 1.84 bits per heavy atom. The Morgan fingerprint density at radius 1 is 1.08 bits per heavy atom. The van der Waals surface area contributed by atoms with Crippen molar-refractivity contribution in [3.8, 4) is 23.0 Å². The van der Waals surface area contributed by atoms with Crippen molar-refractivity contribution in [1.82, 2.24) is 15.5 Å². The quantitative estimate of drug-likeness (QED) is 0.711.